The largest absolute Gasteiger partial charge is 0.256 e. The van der Waals surface area contributed by atoms with Gasteiger partial charge in [-0.3, -0.25) is 4.98 Å². The Bertz CT molecular complexity index is 926. The zero-order valence-corrected chi connectivity index (χ0v) is 12.1. The van der Waals surface area contributed by atoms with E-state index >= 15 is 0 Å². The first kappa shape index (κ1) is 12.8. The fraction of sp³-hybridized carbons (Fsp3) is 0. The SMILES string of the molecule is c1ccc(-c2cc(-c3ccc4ccccc4c3)ccn2)cc1. The van der Waals surface area contributed by atoms with Crippen molar-refractivity contribution in [2.24, 2.45) is 0 Å². The standard InChI is InChI=1S/C21H15N/c1-2-7-17(8-3-1)21-15-20(12-13-22-21)19-11-10-16-6-4-5-9-18(16)14-19/h1-15H. The number of benzene rings is 3. The van der Waals surface area contributed by atoms with Gasteiger partial charge in [0.1, 0.15) is 0 Å². The highest BCUT2D eigenvalue weighted by molar-refractivity contribution is 5.87. The van der Waals surface area contributed by atoms with Gasteiger partial charge in [-0.15, -0.1) is 0 Å². The molecule has 0 unspecified atom stereocenters. The van der Waals surface area contributed by atoms with E-state index in [1.807, 2.05) is 24.4 Å². The molecule has 4 aromatic rings. The van der Waals surface area contributed by atoms with Crippen LogP contribution in [0.5, 0.6) is 0 Å². The molecule has 0 spiro atoms. The van der Waals surface area contributed by atoms with Crippen LogP contribution in [0.15, 0.2) is 91.1 Å². The molecule has 4 rings (SSSR count). The molecule has 1 heteroatoms. The van der Waals surface area contributed by atoms with Crippen LogP contribution in [0.4, 0.5) is 0 Å². The lowest BCUT2D eigenvalue weighted by molar-refractivity contribution is 1.33. The average Bonchev–Trinajstić information content (AvgIpc) is 2.62. The molecule has 0 amide bonds. The van der Waals surface area contributed by atoms with Crippen molar-refractivity contribution >= 4 is 10.8 Å². The fourth-order valence-electron chi connectivity index (χ4n) is 2.75. The lowest BCUT2D eigenvalue weighted by Gasteiger charge is -2.06. The fourth-order valence-corrected chi connectivity index (χ4v) is 2.75. The van der Waals surface area contributed by atoms with E-state index in [1.165, 1.54) is 21.9 Å². The minimum atomic E-state index is 1.01. The van der Waals surface area contributed by atoms with Crippen LogP contribution in [0, 0.1) is 0 Å². The van der Waals surface area contributed by atoms with Crippen LogP contribution in [0.1, 0.15) is 0 Å². The van der Waals surface area contributed by atoms with Crippen LogP contribution < -0.4 is 0 Å². The monoisotopic (exact) mass is 281 g/mol. The quantitative estimate of drug-likeness (QED) is 0.468. The summed E-state index contributed by atoms with van der Waals surface area (Å²) >= 11 is 0. The average molecular weight is 281 g/mol. The zero-order valence-electron chi connectivity index (χ0n) is 12.1. The molecule has 3 aromatic carbocycles. The maximum atomic E-state index is 4.50. The molecule has 22 heavy (non-hydrogen) atoms. The zero-order chi connectivity index (χ0) is 14.8. The normalized spacial score (nSPS) is 10.7. The van der Waals surface area contributed by atoms with Crippen LogP contribution in [-0.4, -0.2) is 4.98 Å². The van der Waals surface area contributed by atoms with Crippen molar-refractivity contribution in [1.82, 2.24) is 4.98 Å². The van der Waals surface area contributed by atoms with Crippen LogP contribution in [0.2, 0.25) is 0 Å². The molecule has 0 fully saturated rings. The number of pyridine rings is 1. The molecule has 0 radical (unpaired) electrons. The maximum Gasteiger partial charge on any atom is 0.0708 e. The Morgan fingerprint density at radius 2 is 1.23 bits per heavy atom. The van der Waals surface area contributed by atoms with E-state index in [0.29, 0.717) is 0 Å². The molecule has 0 aliphatic heterocycles. The molecule has 0 bridgehead atoms. The first-order chi connectivity index (χ1) is 10.9. The maximum absolute atomic E-state index is 4.50. The third kappa shape index (κ3) is 2.38. The summed E-state index contributed by atoms with van der Waals surface area (Å²) in [5.41, 5.74) is 4.56. The Balaban J connectivity index is 1.81. The van der Waals surface area contributed by atoms with Gasteiger partial charge in [0.05, 0.1) is 5.69 Å². The van der Waals surface area contributed by atoms with Crippen molar-refractivity contribution in [3.05, 3.63) is 91.1 Å². The highest BCUT2D eigenvalue weighted by Crippen LogP contribution is 2.27. The Labute approximate surface area is 129 Å². The van der Waals surface area contributed by atoms with Crippen LogP contribution >= 0.6 is 0 Å². The second-order valence-electron chi connectivity index (χ2n) is 5.36. The predicted octanol–water partition coefficient (Wildman–Crippen LogP) is 5.57. The molecule has 1 aromatic heterocycles. The minimum Gasteiger partial charge on any atom is -0.256 e. The van der Waals surface area contributed by atoms with Crippen molar-refractivity contribution in [3.8, 4) is 22.4 Å². The van der Waals surface area contributed by atoms with Gasteiger partial charge in [0.15, 0.2) is 0 Å². The third-order valence-corrected chi connectivity index (χ3v) is 3.91. The second-order valence-corrected chi connectivity index (χ2v) is 5.36. The smallest absolute Gasteiger partial charge is 0.0708 e. The van der Waals surface area contributed by atoms with Gasteiger partial charge in [0.25, 0.3) is 0 Å². The van der Waals surface area contributed by atoms with Gasteiger partial charge in [-0.05, 0) is 40.1 Å². The number of aromatic nitrogens is 1. The van der Waals surface area contributed by atoms with E-state index in [2.05, 4.69) is 71.7 Å². The summed E-state index contributed by atoms with van der Waals surface area (Å²) in [6, 6.07) is 29.5. The van der Waals surface area contributed by atoms with Crippen molar-refractivity contribution in [1.29, 1.82) is 0 Å². The lowest BCUT2D eigenvalue weighted by atomic mass is 10.0. The number of nitrogens with zero attached hydrogens (tertiary/aromatic N) is 1. The summed E-state index contributed by atoms with van der Waals surface area (Å²) < 4.78 is 0. The van der Waals surface area contributed by atoms with Gasteiger partial charge in [0, 0.05) is 11.8 Å². The molecule has 1 heterocycles. The minimum absolute atomic E-state index is 1.01. The first-order valence-corrected chi connectivity index (χ1v) is 7.41. The van der Waals surface area contributed by atoms with E-state index < -0.39 is 0 Å². The lowest BCUT2D eigenvalue weighted by Crippen LogP contribution is -1.85. The number of hydrogen-bond acceptors (Lipinski definition) is 1. The van der Waals surface area contributed by atoms with Crippen LogP contribution in [-0.2, 0) is 0 Å². The van der Waals surface area contributed by atoms with Crippen LogP contribution in [0.3, 0.4) is 0 Å². The first-order valence-electron chi connectivity index (χ1n) is 7.41. The molecule has 0 saturated carbocycles. The van der Waals surface area contributed by atoms with E-state index in [1.54, 1.807) is 0 Å². The van der Waals surface area contributed by atoms with Crippen molar-refractivity contribution in [2.45, 2.75) is 0 Å². The van der Waals surface area contributed by atoms with Gasteiger partial charge < -0.3 is 0 Å². The van der Waals surface area contributed by atoms with Gasteiger partial charge in [-0.25, -0.2) is 0 Å². The van der Waals surface area contributed by atoms with Crippen molar-refractivity contribution < 1.29 is 0 Å². The van der Waals surface area contributed by atoms with Crippen molar-refractivity contribution in [2.75, 3.05) is 0 Å². The molecule has 0 aliphatic carbocycles. The highest BCUT2D eigenvalue weighted by atomic mass is 14.7. The Hall–Kier alpha value is -2.93. The van der Waals surface area contributed by atoms with Gasteiger partial charge >= 0.3 is 0 Å². The summed E-state index contributed by atoms with van der Waals surface area (Å²) in [5.74, 6) is 0. The van der Waals surface area contributed by atoms with Gasteiger partial charge in [0.2, 0.25) is 0 Å². The van der Waals surface area contributed by atoms with E-state index in [9.17, 15) is 0 Å². The molecule has 0 aliphatic rings. The molecule has 104 valence electrons. The molecule has 0 atom stereocenters. The Morgan fingerprint density at radius 3 is 2.09 bits per heavy atom. The molecule has 0 saturated heterocycles. The summed E-state index contributed by atoms with van der Waals surface area (Å²) in [5, 5.41) is 2.53. The molecular weight excluding hydrogens is 266 g/mol. The Morgan fingerprint density at radius 1 is 0.500 bits per heavy atom. The molecule has 1 nitrogen and oxygen atoms in total. The van der Waals surface area contributed by atoms with Gasteiger partial charge in [-0.1, -0.05) is 66.7 Å². The second kappa shape index (κ2) is 5.45. The number of hydrogen-bond donors (Lipinski definition) is 0. The topological polar surface area (TPSA) is 12.9 Å². The van der Waals surface area contributed by atoms with E-state index in [0.717, 1.165) is 11.3 Å². The molecular formula is C21H15N. The number of fused-ring (bicyclic) bond motifs is 1. The van der Waals surface area contributed by atoms with Crippen molar-refractivity contribution in [3.63, 3.8) is 0 Å². The highest BCUT2D eigenvalue weighted by Gasteiger charge is 2.03. The number of rotatable bonds is 2. The summed E-state index contributed by atoms with van der Waals surface area (Å²) in [7, 11) is 0. The summed E-state index contributed by atoms with van der Waals surface area (Å²) in [4.78, 5) is 4.50. The van der Waals surface area contributed by atoms with E-state index in [4.69, 9.17) is 0 Å². The molecule has 0 N–H and O–H groups in total. The predicted molar refractivity (Wildman–Crippen MR) is 92.6 cm³/mol. The summed E-state index contributed by atoms with van der Waals surface area (Å²) in [6.07, 6.45) is 1.88. The van der Waals surface area contributed by atoms with Crippen LogP contribution in [0.25, 0.3) is 33.2 Å². The Kier molecular flexibility index (Phi) is 3.17. The summed E-state index contributed by atoms with van der Waals surface area (Å²) in [6.45, 7) is 0. The van der Waals surface area contributed by atoms with E-state index in [-0.39, 0.29) is 0 Å². The third-order valence-electron chi connectivity index (χ3n) is 3.91. The van der Waals surface area contributed by atoms with Gasteiger partial charge in [-0.2, -0.15) is 0 Å².